The van der Waals surface area contributed by atoms with Crippen molar-refractivity contribution in [1.29, 1.82) is 0 Å². The first-order chi connectivity index (χ1) is 8.71. The standard InChI is InChI=1S/C5H11NO2.C5H13N.C3H6O.C2H5.2CH4.V/c1-5(2,3)4-6(7)8;1-5(2,3)4-6;1-3(2)4;1-2;;;/h4H2,1-3H3;4,6H2,1-3H3;1-2H3;1H2,2H3;2*1H4;/q;;;-1;;;. The molecule has 0 aliphatic carbocycles. The molecule has 0 aromatic carbocycles. The van der Waals surface area contributed by atoms with E-state index in [2.05, 4.69) is 27.7 Å². The zero-order valence-electron chi connectivity index (χ0n) is 15.3. The molecule has 0 atom stereocenters. The molecule has 145 valence electrons. The van der Waals surface area contributed by atoms with Crippen molar-refractivity contribution in [3.8, 4) is 0 Å². The Morgan fingerprint density at radius 2 is 1.17 bits per heavy atom. The Morgan fingerprint density at radius 3 is 1.17 bits per heavy atom. The average Bonchev–Trinajstić information content (AvgIpc) is 2.15. The van der Waals surface area contributed by atoms with E-state index in [1.54, 1.807) is 6.92 Å². The van der Waals surface area contributed by atoms with Gasteiger partial charge in [-0.1, -0.05) is 56.4 Å². The first kappa shape index (κ1) is 43.3. The van der Waals surface area contributed by atoms with E-state index in [0.29, 0.717) is 5.41 Å². The molecule has 0 spiro atoms. The summed E-state index contributed by atoms with van der Waals surface area (Å²) in [5, 5.41) is 9.82. The van der Waals surface area contributed by atoms with Crippen LogP contribution in [-0.4, -0.2) is 23.8 Å². The molecule has 0 heterocycles. The van der Waals surface area contributed by atoms with Crippen LogP contribution in [0, 0.1) is 27.9 Å². The summed E-state index contributed by atoms with van der Waals surface area (Å²) < 4.78 is 0. The molecule has 0 aliphatic heterocycles. The fourth-order valence-electron chi connectivity index (χ4n) is 0.387. The average molecular weight is 374 g/mol. The van der Waals surface area contributed by atoms with Gasteiger partial charge in [0.15, 0.2) is 0 Å². The van der Waals surface area contributed by atoms with Crippen molar-refractivity contribution < 1.29 is 28.3 Å². The van der Waals surface area contributed by atoms with Gasteiger partial charge in [-0.2, -0.15) is 6.92 Å². The molecule has 0 aromatic heterocycles. The summed E-state index contributed by atoms with van der Waals surface area (Å²) in [6.07, 6.45) is 0. The van der Waals surface area contributed by atoms with Gasteiger partial charge in [0.2, 0.25) is 6.54 Å². The first-order valence-electron chi connectivity index (χ1n) is 6.71. The van der Waals surface area contributed by atoms with E-state index >= 15 is 0 Å². The van der Waals surface area contributed by atoms with E-state index in [9.17, 15) is 14.9 Å². The summed E-state index contributed by atoms with van der Waals surface area (Å²) >= 11 is 0. The summed E-state index contributed by atoms with van der Waals surface area (Å²) in [5.41, 5.74) is 5.45. The molecule has 0 bridgehead atoms. The first-order valence-corrected chi connectivity index (χ1v) is 6.71. The van der Waals surface area contributed by atoms with Crippen LogP contribution >= 0.6 is 0 Å². The second-order valence-electron chi connectivity index (χ2n) is 6.72. The number of ketones is 1. The molecule has 0 aliphatic rings. The van der Waals surface area contributed by atoms with E-state index in [1.807, 2.05) is 20.8 Å². The van der Waals surface area contributed by atoms with Crippen LogP contribution in [0.3, 0.4) is 0 Å². The van der Waals surface area contributed by atoms with Crippen LogP contribution in [0.2, 0.25) is 0 Å². The van der Waals surface area contributed by atoms with E-state index in [-0.39, 0.29) is 56.1 Å². The number of nitrogens with zero attached hydrogens (tertiary/aromatic N) is 1. The largest absolute Gasteiger partial charge is 0.346 e. The van der Waals surface area contributed by atoms with Gasteiger partial charge in [-0.15, -0.1) is 0 Å². The van der Waals surface area contributed by atoms with Crippen LogP contribution in [0.4, 0.5) is 0 Å². The number of nitro groups is 1. The molecular formula is C17H43N2O3V-. The number of rotatable bonds is 1. The third-order valence-electron chi connectivity index (χ3n) is 1.22. The topological polar surface area (TPSA) is 86.2 Å². The smallest absolute Gasteiger partial charge is 0.208 e. The van der Waals surface area contributed by atoms with Crippen molar-refractivity contribution in [1.82, 2.24) is 0 Å². The Kier molecular flexibility index (Phi) is 45.0. The molecule has 0 rings (SSSR count). The van der Waals surface area contributed by atoms with Crippen LogP contribution in [0.1, 0.15) is 77.2 Å². The molecule has 0 saturated heterocycles. The predicted molar refractivity (Wildman–Crippen MR) is 101 cm³/mol. The van der Waals surface area contributed by atoms with Crippen molar-refractivity contribution in [2.45, 2.75) is 77.2 Å². The van der Waals surface area contributed by atoms with Gasteiger partial charge in [0.25, 0.3) is 0 Å². The Morgan fingerprint density at radius 1 is 1.00 bits per heavy atom. The Balaban J connectivity index is -0.0000000309. The van der Waals surface area contributed by atoms with Gasteiger partial charge in [0, 0.05) is 28.9 Å². The van der Waals surface area contributed by atoms with E-state index in [1.165, 1.54) is 13.8 Å². The maximum atomic E-state index is 9.82. The van der Waals surface area contributed by atoms with Crippen molar-refractivity contribution in [2.24, 2.45) is 16.6 Å². The third kappa shape index (κ3) is 143. The molecule has 5 nitrogen and oxygen atoms in total. The zero-order chi connectivity index (χ0) is 17.6. The van der Waals surface area contributed by atoms with Gasteiger partial charge in [-0.25, -0.2) is 0 Å². The number of hydrogen-bond donors (Lipinski definition) is 1. The van der Waals surface area contributed by atoms with Crippen molar-refractivity contribution in [3.63, 3.8) is 0 Å². The molecule has 0 fully saturated rings. The van der Waals surface area contributed by atoms with Crippen LogP contribution in [-0.2, 0) is 23.4 Å². The molecule has 0 saturated carbocycles. The van der Waals surface area contributed by atoms with Crippen molar-refractivity contribution in [2.75, 3.05) is 13.1 Å². The summed E-state index contributed by atoms with van der Waals surface area (Å²) in [4.78, 5) is 19.0. The number of carbonyl (C=O) groups is 1. The number of nitrogens with two attached hydrogens (primary N) is 1. The zero-order valence-corrected chi connectivity index (χ0v) is 16.7. The summed E-state index contributed by atoms with van der Waals surface area (Å²) in [7, 11) is 0. The van der Waals surface area contributed by atoms with Crippen molar-refractivity contribution >= 4 is 5.78 Å². The molecule has 6 heteroatoms. The van der Waals surface area contributed by atoms with E-state index in [0.717, 1.165) is 6.54 Å². The van der Waals surface area contributed by atoms with Gasteiger partial charge >= 0.3 is 0 Å². The number of carbonyl (C=O) groups excluding carboxylic acids is 1. The second-order valence-corrected chi connectivity index (χ2v) is 6.72. The summed E-state index contributed by atoms with van der Waals surface area (Å²) in [6.45, 7) is 20.8. The Hall–Kier alpha value is -0.386. The SMILES string of the molecule is C.C.CC(C)(C)CN.CC(C)(C)C[N+](=O)[O-].CC(C)=O.[CH2-]C.[V]. The maximum absolute atomic E-state index is 9.82. The molecule has 0 amide bonds. The summed E-state index contributed by atoms with van der Waals surface area (Å²) in [6, 6.07) is 0. The Bertz CT molecular complexity index is 241. The van der Waals surface area contributed by atoms with Crippen LogP contribution in [0.15, 0.2) is 0 Å². The van der Waals surface area contributed by atoms with Gasteiger partial charge in [-0.05, 0) is 25.8 Å². The molecular weight excluding hydrogens is 331 g/mol. The van der Waals surface area contributed by atoms with Gasteiger partial charge in [0.05, 0.1) is 0 Å². The predicted octanol–water partition coefficient (Wildman–Crippen LogP) is 5.01. The van der Waals surface area contributed by atoms with Crippen LogP contribution in [0.25, 0.3) is 0 Å². The minimum Gasteiger partial charge on any atom is -0.346 e. The van der Waals surface area contributed by atoms with Crippen LogP contribution in [0.5, 0.6) is 0 Å². The fraction of sp³-hybridized carbons (Fsp3) is 0.882. The van der Waals surface area contributed by atoms with Gasteiger partial charge in [0.1, 0.15) is 5.78 Å². The number of hydrogen-bond acceptors (Lipinski definition) is 4. The molecule has 23 heavy (non-hydrogen) atoms. The van der Waals surface area contributed by atoms with Gasteiger partial charge < -0.3 is 17.5 Å². The Labute approximate surface area is 158 Å². The minimum atomic E-state index is -0.292. The second kappa shape index (κ2) is 23.9. The van der Waals surface area contributed by atoms with E-state index < -0.39 is 0 Å². The third-order valence-corrected chi connectivity index (χ3v) is 1.22. The molecule has 1 radical (unpaired) electrons. The fourth-order valence-corrected chi connectivity index (χ4v) is 0.387. The molecule has 2 N–H and O–H groups in total. The quantitative estimate of drug-likeness (QED) is 0.397. The molecule has 0 aromatic rings. The normalized spacial score (nSPS) is 8.48. The van der Waals surface area contributed by atoms with Crippen LogP contribution < -0.4 is 5.73 Å². The van der Waals surface area contributed by atoms with Crippen molar-refractivity contribution in [3.05, 3.63) is 17.0 Å². The monoisotopic (exact) mass is 374 g/mol. The maximum Gasteiger partial charge on any atom is 0.208 e. The van der Waals surface area contributed by atoms with Gasteiger partial charge in [-0.3, -0.25) is 10.1 Å². The summed E-state index contributed by atoms with van der Waals surface area (Å²) in [5.74, 6) is 0.167. The minimum absolute atomic E-state index is 0. The van der Waals surface area contributed by atoms with E-state index in [4.69, 9.17) is 5.73 Å². The molecule has 0 unspecified atom stereocenters. The number of Topliss-reactive ketones (excluding diaryl/α,β-unsaturated/α-hetero) is 1.